The minimum Gasteiger partial charge on any atom is -0.282 e. The summed E-state index contributed by atoms with van der Waals surface area (Å²) in [6.07, 6.45) is 3.40. The van der Waals surface area contributed by atoms with Crippen LogP contribution in [0.15, 0.2) is 21.1 Å². The van der Waals surface area contributed by atoms with E-state index in [4.69, 9.17) is 0 Å². The van der Waals surface area contributed by atoms with Crippen LogP contribution in [-0.4, -0.2) is 5.12 Å². The average Bonchev–Trinajstić information content (AvgIpc) is 2.14. The standard InChI is InChI=1S/C5H3IOS/c6-3-4-1-2-5(7)8-4/h1-3H/b4-3+. The zero-order chi connectivity index (χ0) is 5.98. The van der Waals surface area contributed by atoms with Crippen LogP contribution < -0.4 is 0 Å². The molecule has 0 fully saturated rings. The molecule has 0 aliphatic carbocycles. The largest absolute Gasteiger partial charge is 0.282 e. The minimum atomic E-state index is 0.132. The molecular weight excluding hydrogens is 235 g/mol. The summed E-state index contributed by atoms with van der Waals surface area (Å²) in [7, 11) is 0. The zero-order valence-electron chi connectivity index (χ0n) is 3.93. The summed E-state index contributed by atoms with van der Waals surface area (Å²) in [4.78, 5) is 11.5. The van der Waals surface area contributed by atoms with Gasteiger partial charge in [0.25, 0.3) is 0 Å². The van der Waals surface area contributed by atoms with Gasteiger partial charge in [-0.15, -0.1) is 0 Å². The van der Waals surface area contributed by atoms with Crippen molar-refractivity contribution >= 4 is 39.5 Å². The molecule has 0 aromatic heterocycles. The van der Waals surface area contributed by atoms with Crippen LogP contribution >= 0.6 is 34.4 Å². The van der Waals surface area contributed by atoms with E-state index >= 15 is 0 Å². The lowest BCUT2D eigenvalue weighted by Crippen LogP contribution is -1.72. The molecule has 0 atom stereocenters. The van der Waals surface area contributed by atoms with Crippen molar-refractivity contribution in [2.75, 3.05) is 0 Å². The lowest BCUT2D eigenvalue weighted by molar-refractivity contribution is -0.106. The van der Waals surface area contributed by atoms with Crippen LogP contribution in [-0.2, 0) is 4.79 Å². The molecule has 0 aromatic rings. The van der Waals surface area contributed by atoms with Crippen molar-refractivity contribution < 1.29 is 4.79 Å². The van der Waals surface area contributed by atoms with Crippen molar-refractivity contribution in [3.8, 4) is 0 Å². The van der Waals surface area contributed by atoms with Crippen LogP contribution in [0.5, 0.6) is 0 Å². The zero-order valence-corrected chi connectivity index (χ0v) is 6.90. The molecule has 0 unspecified atom stereocenters. The van der Waals surface area contributed by atoms with Gasteiger partial charge in [0.2, 0.25) is 5.12 Å². The number of thioether (sulfide) groups is 1. The Bertz CT molecular complexity index is 171. The number of hydrogen-bond acceptors (Lipinski definition) is 2. The second kappa shape index (κ2) is 2.68. The summed E-state index contributed by atoms with van der Waals surface area (Å²) in [5.74, 6) is 0. The fourth-order valence-electron chi connectivity index (χ4n) is 0.393. The van der Waals surface area contributed by atoms with Crippen LogP contribution in [0, 0.1) is 0 Å². The Balaban J connectivity index is 2.73. The van der Waals surface area contributed by atoms with Gasteiger partial charge in [-0.2, -0.15) is 0 Å². The van der Waals surface area contributed by atoms with Gasteiger partial charge in [-0.1, -0.05) is 22.6 Å². The van der Waals surface area contributed by atoms with Gasteiger partial charge in [0.15, 0.2) is 0 Å². The van der Waals surface area contributed by atoms with E-state index in [1.165, 1.54) is 11.8 Å². The van der Waals surface area contributed by atoms with Crippen molar-refractivity contribution in [3.63, 3.8) is 0 Å². The van der Waals surface area contributed by atoms with Crippen molar-refractivity contribution in [3.05, 3.63) is 21.1 Å². The number of allylic oxidation sites excluding steroid dienone is 1. The van der Waals surface area contributed by atoms with Gasteiger partial charge < -0.3 is 0 Å². The van der Waals surface area contributed by atoms with E-state index in [2.05, 4.69) is 22.6 Å². The number of hydrogen-bond donors (Lipinski definition) is 0. The first-order chi connectivity index (χ1) is 3.83. The number of rotatable bonds is 0. The van der Waals surface area contributed by atoms with Crippen LogP contribution in [0.4, 0.5) is 0 Å². The summed E-state index contributed by atoms with van der Waals surface area (Å²) in [5.41, 5.74) is 0. The van der Waals surface area contributed by atoms with Gasteiger partial charge in [-0.3, -0.25) is 4.79 Å². The van der Waals surface area contributed by atoms with Crippen molar-refractivity contribution in [2.24, 2.45) is 0 Å². The predicted molar refractivity (Wildman–Crippen MR) is 43.8 cm³/mol. The summed E-state index contributed by atoms with van der Waals surface area (Å²) in [6, 6.07) is 0. The Hall–Kier alpha value is 0.230. The Kier molecular flexibility index (Phi) is 2.13. The third kappa shape index (κ3) is 1.35. The normalized spacial score (nSPS) is 23.1. The molecule has 1 heterocycles. The SMILES string of the molecule is O=C1C=C/C(=C\I)S1. The van der Waals surface area contributed by atoms with Crippen LogP contribution in [0.25, 0.3) is 0 Å². The Morgan fingerprint density at radius 1 is 1.62 bits per heavy atom. The monoisotopic (exact) mass is 238 g/mol. The third-order valence-electron chi connectivity index (χ3n) is 0.710. The van der Waals surface area contributed by atoms with E-state index in [1.54, 1.807) is 6.08 Å². The molecule has 0 aromatic carbocycles. The molecular formula is C5H3IOS. The topological polar surface area (TPSA) is 17.1 Å². The Morgan fingerprint density at radius 2 is 2.38 bits per heavy atom. The molecule has 3 heteroatoms. The van der Waals surface area contributed by atoms with Crippen LogP contribution in [0.2, 0.25) is 0 Å². The van der Waals surface area contributed by atoms with E-state index in [0.29, 0.717) is 0 Å². The maximum absolute atomic E-state index is 10.4. The van der Waals surface area contributed by atoms with Crippen molar-refractivity contribution in [2.45, 2.75) is 0 Å². The summed E-state index contributed by atoms with van der Waals surface area (Å²) >= 11 is 3.38. The molecule has 1 rings (SSSR count). The molecule has 1 aliphatic heterocycles. The second-order valence-corrected chi connectivity index (χ2v) is 2.97. The molecule has 8 heavy (non-hydrogen) atoms. The summed E-state index contributed by atoms with van der Waals surface area (Å²) in [6.45, 7) is 0. The van der Waals surface area contributed by atoms with Gasteiger partial charge >= 0.3 is 0 Å². The Labute approximate surface area is 65.4 Å². The van der Waals surface area contributed by atoms with Crippen molar-refractivity contribution in [1.29, 1.82) is 0 Å². The van der Waals surface area contributed by atoms with E-state index in [0.717, 1.165) is 4.91 Å². The highest BCUT2D eigenvalue weighted by Gasteiger charge is 2.06. The highest BCUT2D eigenvalue weighted by molar-refractivity contribution is 14.1. The highest BCUT2D eigenvalue weighted by Crippen LogP contribution is 2.25. The molecule has 0 saturated carbocycles. The molecule has 0 radical (unpaired) electrons. The van der Waals surface area contributed by atoms with E-state index in [-0.39, 0.29) is 5.12 Å². The maximum Gasteiger partial charge on any atom is 0.216 e. The molecule has 0 spiro atoms. The van der Waals surface area contributed by atoms with E-state index in [9.17, 15) is 4.79 Å². The van der Waals surface area contributed by atoms with Crippen LogP contribution in [0.3, 0.4) is 0 Å². The minimum absolute atomic E-state index is 0.132. The average molecular weight is 238 g/mol. The maximum atomic E-state index is 10.4. The van der Waals surface area contributed by atoms with Gasteiger partial charge in [-0.05, 0) is 28.0 Å². The summed E-state index contributed by atoms with van der Waals surface area (Å²) in [5, 5.41) is 0.132. The lowest BCUT2D eigenvalue weighted by Gasteiger charge is -1.81. The molecule has 0 N–H and O–H groups in total. The predicted octanol–water partition coefficient (Wildman–Crippen LogP) is 2.09. The van der Waals surface area contributed by atoms with Gasteiger partial charge in [0.05, 0.1) is 0 Å². The molecule has 1 nitrogen and oxygen atoms in total. The molecule has 0 bridgehead atoms. The lowest BCUT2D eigenvalue weighted by atomic mass is 10.5. The second-order valence-electron chi connectivity index (χ2n) is 1.27. The first-order valence-electron chi connectivity index (χ1n) is 2.03. The molecule has 0 amide bonds. The summed E-state index contributed by atoms with van der Waals surface area (Å²) < 4.78 is 1.89. The van der Waals surface area contributed by atoms with Gasteiger partial charge in [-0.25, -0.2) is 0 Å². The molecule has 0 saturated heterocycles. The number of carbonyl (C=O) groups excluding carboxylic acids is 1. The third-order valence-corrected chi connectivity index (χ3v) is 2.63. The van der Waals surface area contributed by atoms with Crippen LogP contribution in [0.1, 0.15) is 0 Å². The fraction of sp³-hybridized carbons (Fsp3) is 0. The van der Waals surface area contributed by atoms with Gasteiger partial charge in [0, 0.05) is 4.91 Å². The first-order valence-corrected chi connectivity index (χ1v) is 4.09. The fourth-order valence-corrected chi connectivity index (χ4v) is 1.53. The number of halogens is 1. The smallest absolute Gasteiger partial charge is 0.216 e. The number of carbonyl (C=O) groups is 1. The molecule has 1 aliphatic rings. The Morgan fingerprint density at radius 3 is 2.62 bits per heavy atom. The van der Waals surface area contributed by atoms with Gasteiger partial charge in [0.1, 0.15) is 0 Å². The van der Waals surface area contributed by atoms with E-state index in [1.807, 2.05) is 10.2 Å². The van der Waals surface area contributed by atoms with Crippen molar-refractivity contribution in [1.82, 2.24) is 0 Å². The molecule has 42 valence electrons. The quantitative estimate of drug-likeness (QED) is 0.601. The van der Waals surface area contributed by atoms with E-state index < -0.39 is 0 Å². The first kappa shape index (κ1) is 6.35. The highest BCUT2D eigenvalue weighted by atomic mass is 127.